The Morgan fingerprint density at radius 3 is 2.71 bits per heavy atom. The summed E-state index contributed by atoms with van der Waals surface area (Å²) in [6.07, 6.45) is 3.13. The van der Waals surface area contributed by atoms with Crippen LogP contribution in [0, 0.1) is 10.1 Å². The lowest BCUT2D eigenvalue weighted by atomic mass is 9.93. The molecule has 0 saturated carbocycles. The van der Waals surface area contributed by atoms with Crippen molar-refractivity contribution in [3.8, 4) is 5.75 Å². The summed E-state index contributed by atoms with van der Waals surface area (Å²) in [5, 5.41) is 20.7. The molecule has 4 heteroatoms. The molecule has 0 aliphatic carbocycles. The van der Waals surface area contributed by atoms with Crippen LogP contribution in [0.15, 0.2) is 24.8 Å². The van der Waals surface area contributed by atoms with Gasteiger partial charge in [-0.2, -0.15) is 0 Å². The van der Waals surface area contributed by atoms with Crippen molar-refractivity contribution < 1.29 is 10.0 Å². The van der Waals surface area contributed by atoms with Gasteiger partial charge in [0.05, 0.1) is 4.92 Å². The van der Waals surface area contributed by atoms with E-state index < -0.39 is 4.92 Å². The predicted octanol–water partition coefficient (Wildman–Crippen LogP) is 3.54. The molecule has 0 heterocycles. The summed E-state index contributed by atoms with van der Waals surface area (Å²) in [4.78, 5) is 10.3. The lowest BCUT2D eigenvalue weighted by Gasteiger charge is -2.13. The van der Waals surface area contributed by atoms with Gasteiger partial charge in [-0.25, -0.2) is 0 Å². The fourth-order valence-corrected chi connectivity index (χ4v) is 1.80. The van der Waals surface area contributed by atoms with Gasteiger partial charge in [0.25, 0.3) is 0 Å². The summed E-state index contributed by atoms with van der Waals surface area (Å²) in [6.45, 7) is 7.49. The van der Waals surface area contributed by atoms with Gasteiger partial charge >= 0.3 is 5.69 Å². The first-order valence-corrected chi connectivity index (χ1v) is 5.62. The molecule has 0 amide bonds. The number of rotatable bonds is 5. The van der Waals surface area contributed by atoms with Crippen LogP contribution in [-0.2, 0) is 6.42 Å². The van der Waals surface area contributed by atoms with Crippen LogP contribution < -0.4 is 0 Å². The summed E-state index contributed by atoms with van der Waals surface area (Å²) in [6, 6.07) is 3.26. The van der Waals surface area contributed by atoms with Gasteiger partial charge in [0.2, 0.25) is 0 Å². The van der Waals surface area contributed by atoms with Crippen LogP contribution in [0.5, 0.6) is 5.75 Å². The largest absolute Gasteiger partial charge is 0.502 e. The second-order valence-electron chi connectivity index (χ2n) is 4.09. The SMILES string of the molecule is C=CCC(C)c1cc(CC)cc([N+](=O)[O-])c1O. The number of phenolic OH excluding ortho intramolecular Hbond substituents is 1. The molecule has 0 bridgehead atoms. The molecule has 1 aromatic carbocycles. The van der Waals surface area contributed by atoms with E-state index in [2.05, 4.69) is 6.58 Å². The van der Waals surface area contributed by atoms with E-state index in [9.17, 15) is 15.2 Å². The molecule has 0 fully saturated rings. The van der Waals surface area contributed by atoms with E-state index in [1.54, 1.807) is 6.08 Å². The maximum Gasteiger partial charge on any atom is 0.311 e. The Morgan fingerprint density at radius 1 is 1.59 bits per heavy atom. The lowest BCUT2D eigenvalue weighted by Crippen LogP contribution is -1.99. The average Bonchev–Trinajstić information content (AvgIpc) is 2.29. The van der Waals surface area contributed by atoms with Crippen molar-refractivity contribution in [1.82, 2.24) is 0 Å². The molecular formula is C13H17NO3. The molecular weight excluding hydrogens is 218 g/mol. The van der Waals surface area contributed by atoms with Crippen molar-refractivity contribution in [2.75, 3.05) is 0 Å². The fraction of sp³-hybridized carbons (Fsp3) is 0.385. The van der Waals surface area contributed by atoms with E-state index in [0.717, 1.165) is 5.56 Å². The number of hydrogen-bond acceptors (Lipinski definition) is 3. The number of benzene rings is 1. The minimum Gasteiger partial charge on any atom is -0.502 e. The first kappa shape index (κ1) is 13.2. The molecule has 4 nitrogen and oxygen atoms in total. The van der Waals surface area contributed by atoms with Crippen LogP contribution >= 0.6 is 0 Å². The number of nitrogens with zero attached hydrogens (tertiary/aromatic N) is 1. The number of aryl methyl sites for hydroxylation is 1. The van der Waals surface area contributed by atoms with Crippen molar-refractivity contribution in [2.45, 2.75) is 32.6 Å². The second kappa shape index (κ2) is 5.48. The minimum atomic E-state index is -0.543. The summed E-state index contributed by atoms with van der Waals surface area (Å²) >= 11 is 0. The molecule has 17 heavy (non-hydrogen) atoms. The van der Waals surface area contributed by atoms with E-state index in [1.807, 2.05) is 19.9 Å². The van der Waals surface area contributed by atoms with E-state index in [1.165, 1.54) is 6.07 Å². The number of allylic oxidation sites excluding steroid dienone is 1. The van der Waals surface area contributed by atoms with E-state index >= 15 is 0 Å². The molecule has 0 saturated heterocycles. The Labute approximate surface area is 101 Å². The van der Waals surface area contributed by atoms with Crippen LogP contribution in [0.25, 0.3) is 0 Å². The topological polar surface area (TPSA) is 63.4 Å². The summed E-state index contributed by atoms with van der Waals surface area (Å²) in [7, 11) is 0. The number of nitro benzene ring substituents is 1. The highest BCUT2D eigenvalue weighted by Crippen LogP contribution is 2.37. The molecule has 92 valence electrons. The molecule has 0 aliphatic heterocycles. The van der Waals surface area contributed by atoms with Gasteiger partial charge in [0, 0.05) is 11.6 Å². The average molecular weight is 235 g/mol. The molecule has 1 aromatic rings. The van der Waals surface area contributed by atoms with E-state index in [-0.39, 0.29) is 17.4 Å². The van der Waals surface area contributed by atoms with Crippen LogP contribution in [0.4, 0.5) is 5.69 Å². The number of phenols is 1. The molecule has 1 atom stereocenters. The van der Waals surface area contributed by atoms with Gasteiger partial charge in [-0.1, -0.05) is 26.0 Å². The number of aromatic hydroxyl groups is 1. The van der Waals surface area contributed by atoms with Crippen LogP contribution in [0.1, 0.15) is 37.3 Å². The molecule has 0 radical (unpaired) electrons. The maximum atomic E-state index is 10.8. The molecule has 1 rings (SSSR count). The van der Waals surface area contributed by atoms with Crippen molar-refractivity contribution in [3.05, 3.63) is 46.0 Å². The van der Waals surface area contributed by atoms with Crippen molar-refractivity contribution in [2.24, 2.45) is 0 Å². The quantitative estimate of drug-likeness (QED) is 0.482. The van der Waals surface area contributed by atoms with Gasteiger partial charge in [0.1, 0.15) is 0 Å². The van der Waals surface area contributed by atoms with Crippen molar-refractivity contribution in [3.63, 3.8) is 0 Å². The third-order valence-electron chi connectivity index (χ3n) is 2.84. The third-order valence-corrected chi connectivity index (χ3v) is 2.84. The van der Waals surface area contributed by atoms with Crippen molar-refractivity contribution >= 4 is 5.69 Å². The minimum absolute atomic E-state index is 0.0256. The molecule has 0 spiro atoms. The zero-order valence-corrected chi connectivity index (χ0v) is 10.1. The van der Waals surface area contributed by atoms with Gasteiger partial charge < -0.3 is 5.11 Å². The maximum absolute atomic E-state index is 10.8. The second-order valence-corrected chi connectivity index (χ2v) is 4.09. The van der Waals surface area contributed by atoms with Gasteiger partial charge in [-0.3, -0.25) is 10.1 Å². The molecule has 0 aliphatic rings. The summed E-state index contributed by atoms with van der Waals surface area (Å²) < 4.78 is 0. The first-order chi connectivity index (χ1) is 8.01. The van der Waals surface area contributed by atoms with Crippen LogP contribution in [0.3, 0.4) is 0 Å². The van der Waals surface area contributed by atoms with Gasteiger partial charge in [-0.15, -0.1) is 6.58 Å². The summed E-state index contributed by atoms with van der Waals surface area (Å²) in [5.74, 6) is -0.195. The predicted molar refractivity (Wildman–Crippen MR) is 67.4 cm³/mol. The number of hydrogen-bond donors (Lipinski definition) is 1. The first-order valence-electron chi connectivity index (χ1n) is 5.62. The zero-order chi connectivity index (χ0) is 13.0. The lowest BCUT2D eigenvalue weighted by molar-refractivity contribution is -0.386. The van der Waals surface area contributed by atoms with E-state index in [0.29, 0.717) is 18.4 Å². The molecule has 1 N–H and O–H groups in total. The standard InChI is InChI=1S/C13H17NO3/c1-4-6-9(3)11-7-10(5-2)8-12(13(11)15)14(16)17/h4,7-9,15H,1,5-6H2,2-3H3. The van der Waals surface area contributed by atoms with Crippen LogP contribution in [-0.4, -0.2) is 10.0 Å². The smallest absolute Gasteiger partial charge is 0.311 e. The van der Waals surface area contributed by atoms with Gasteiger partial charge in [0.15, 0.2) is 5.75 Å². The van der Waals surface area contributed by atoms with Crippen molar-refractivity contribution in [1.29, 1.82) is 0 Å². The molecule has 0 aromatic heterocycles. The highest BCUT2D eigenvalue weighted by Gasteiger charge is 2.21. The molecule has 1 unspecified atom stereocenters. The zero-order valence-electron chi connectivity index (χ0n) is 10.1. The highest BCUT2D eigenvalue weighted by atomic mass is 16.6. The Kier molecular flexibility index (Phi) is 4.26. The Bertz CT molecular complexity index is 441. The van der Waals surface area contributed by atoms with Crippen LogP contribution in [0.2, 0.25) is 0 Å². The Morgan fingerprint density at radius 2 is 2.24 bits per heavy atom. The third kappa shape index (κ3) is 2.84. The monoisotopic (exact) mass is 235 g/mol. The fourth-order valence-electron chi connectivity index (χ4n) is 1.80. The normalized spacial score (nSPS) is 12.1. The van der Waals surface area contributed by atoms with Gasteiger partial charge in [-0.05, 0) is 24.3 Å². The summed E-state index contributed by atoms with van der Waals surface area (Å²) in [5.41, 5.74) is 1.27. The Hall–Kier alpha value is -1.84. The Balaban J connectivity index is 3.32. The van der Waals surface area contributed by atoms with E-state index in [4.69, 9.17) is 0 Å². The number of nitro groups is 1. The highest BCUT2D eigenvalue weighted by molar-refractivity contribution is 5.54.